The van der Waals surface area contributed by atoms with Gasteiger partial charge in [0.05, 0.1) is 18.2 Å². The molecule has 1 aliphatic heterocycles. The molecule has 1 aromatic carbocycles. The molecule has 1 amide bonds. The summed E-state index contributed by atoms with van der Waals surface area (Å²) in [6, 6.07) is 8.98. The van der Waals surface area contributed by atoms with E-state index in [0.717, 1.165) is 5.56 Å². The first kappa shape index (κ1) is 17.4. The summed E-state index contributed by atoms with van der Waals surface area (Å²) < 4.78 is 18.7. The third-order valence-electron chi connectivity index (χ3n) is 4.13. The van der Waals surface area contributed by atoms with Gasteiger partial charge in [0.25, 0.3) is 5.91 Å². The Hall–Kier alpha value is -2.47. The Bertz CT molecular complexity index is 749. The van der Waals surface area contributed by atoms with Crippen LogP contribution in [0.3, 0.4) is 0 Å². The average molecular weight is 344 g/mol. The lowest BCUT2D eigenvalue weighted by atomic mass is 10.0. The van der Waals surface area contributed by atoms with Crippen molar-refractivity contribution in [2.75, 3.05) is 6.54 Å². The zero-order valence-electron chi connectivity index (χ0n) is 14.2. The summed E-state index contributed by atoms with van der Waals surface area (Å²) in [5.74, 6) is -0.148. The van der Waals surface area contributed by atoms with Gasteiger partial charge in [-0.05, 0) is 44.0 Å². The van der Waals surface area contributed by atoms with E-state index in [-0.39, 0.29) is 30.4 Å². The quantitative estimate of drug-likeness (QED) is 0.926. The number of aliphatic hydroxyl groups excluding tert-OH is 1. The van der Waals surface area contributed by atoms with Crippen molar-refractivity contribution in [2.24, 2.45) is 0 Å². The average Bonchev–Trinajstić information content (AvgIpc) is 2.96. The van der Waals surface area contributed by atoms with Gasteiger partial charge in [0, 0.05) is 24.4 Å². The fourth-order valence-corrected chi connectivity index (χ4v) is 3.05. The summed E-state index contributed by atoms with van der Waals surface area (Å²) in [6.45, 7) is 4.01. The van der Waals surface area contributed by atoms with Gasteiger partial charge in [-0.25, -0.2) is 9.37 Å². The number of carbonyl (C=O) groups is 1. The number of hydrogen-bond donors (Lipinski definition) is 1. The second kappa shape index (κ2) is 7.19. The van der Waals surface area contributed by atoms with Crippen molar-refractivity contribution in [1.82, 2.24) is 9.88 Å². The summed E-state index contributed by atoms with van der Waals surface area (Å²) >= 11 is 0. The molecule has 5 nitrogen and oxygen atoms in total. The summed E-state index contributed by atoms with van der Waals surface area (Å²) in [7, 11) is 0. The first-order valence-corrected chi connectivity index (χ1v) is 8.31. The molecule has 1 N–H and O–H groups in total. The lowest BCUT2D eigenvalue weighted by Gasteiger charge is -2.25. The number of carbonyl (C=O) groups excluding carboxylic acids is 1. The van der Waals surface area contributed by atoms with Crippen molar-refractivity contribution < 1.29 is 19.0 Å². The molecule has 1 aliphatic rings. The third-order valence-corrected chi connectivity index (χ3v) is 4.13. The van der Waals surface area contributed by atoms with Crippen LogP contribution in [0.15, 0.2) is 42.6 Å². The number of nitrogens with zero attached hydrogens (tertiary/aromatic N) is 2. The normalized spacial score (nSPS) is 20.1. The SMILES string of the molecule is CC(C)Oc1cc(C(=O)N2C[C@@H](O)C[C@@H]2c2ccc(F)cc2)ccn1. The largest absolute Gasteiger partial charge is 0.475 e. The second-order valence-corrected chi connectivity index (χ2v) is 6.46. The summed E-state index contributed by atoms with van der Waals surface area (Å²) in [6.07, 6.45) is 1.31. The number of amides is 1. The molecule has 2 aromatic rings. The Morgan fingerprint density at radius 2 is 2.04 bits per heavy atom. The number of aromatic nitrogens is 1. The van der Waals surface area contributed by atoms with E-state index in [1.807, 2.05) is 13.8 Å². The number of likely N-dealkylation sites (tertiary alicyclic amines) is 1. The Kier molecular flexibility index (Phi) is 4.99. The van der Waals surface area contributed by atoms with E-state index in [2.05, 4.69) is 4.98 Å². The number of benzene rings is 1. The lowest BCUT2D eigenvalue weighted by molar-refractivity contribution is 0.0715. The molecule has 25 heavy (non-hydrogen) atoms. The van der Waals surface area contributed by atoms with Crippen LogP contribution < -0.4 is 4.74 Å². The Balaban J connectivity index is 1.85. The maximum Gasteiger partial charge on any atom is 0.254 e. The van der Waals surface area contributed by atoms with Crippen LogP contribution >= 0.6 is 0 Å². The van der Waals surface area contributed by atoms with E-state index >= 15 is 0 Å². The van der Waals surface area contributed by atoms with E-state index in [4.69, 9.17) is 4.74 Å². The Morgan fingerprint density at radius 1 is 1.32 bits per heavy atom. The molecule has 132 valence electrons. The molecule has 2 heterocycles. The van der Waals surface area contributed by atoms with Gasteiger partial charge in [0.2, 0.25) is 5.88 Å². The zero-order chi connectivity index (χ0) is 18.0. The van der Waals surface area contributed by atoms with Gasteiger partial charge >= 0.3 is 0 Å². The summed E-state index contributed by atoms with van der Waals surface area (Å²) in [5, 5.41) is 10.1. The summed E-state index contributed by atoms with van der Waals surface area (Å²) in [4.78, 5) is 18.7. The molecule has 1 fully saturated rings. The van der Waals surface area contributed by atoms with E-state index in [1.165, 1.54) is 18.3 Å². The topological polar surface area (TPSA) is 62.7 Å². The monoisotopic (exact) mass is 344 g/mol. The molecular formula is C19H21FN2O3. The van der Waals surface area contributed by atoms with Crippen LogP contribution in [0.1, 0.15) is 42.2 Å². The molecular weight excluding hydrogens is 323 g/mol. The molecule has 3 rings (SSSR count). The molecule has 0 unspecified atom stereocenters. The van der Waals surface area contributed by atoms with E-state index in [0.29, 0.717) is 17.9 Å². The first-order valence-electron chi connectivity index (χ1n) is 8.31. The fourth-order valence-electron chi connectivity index (χ4n) is 3.05. The number of β-amino-alcohol motifs (C(OH)–C–C–N with tert-alkyl or cyclic N) is 1. The van der Waals surface area contributed by atoms with Crippen LogP contribution in [0.5, 0.6) is 5.88 Å². The maximum atomic E-state index is 13.2. The number of ether oxygens (including phenoxy) is 1. The minimum atomic E-state index is -0.604. The maximum absolute atomic E-state index is 13.2. The van der Waals surface area contributed by atoms with Crippen LogP contribution in [0, 0.1) is 5.82 Å². The van der Waals surface area contributed by atoms with Crippen LogP contribution in [0.2, 0.25) is 0 Å². The predicted octanol–water partition coefficient (Wildman–Crippen LogP) is 2.96. The molecule has 0 bridgehead atoms. The number of aliphatic hydroxyl groups is 1. The van der Waals surface area contributed by atoms with Crippen LogP contribution in [-0.2, 0) is 0 Å². The number of rotatable bonds is 4. The molecule has 0 radical (unpaired) electrons. The minimum absolute atomic E-state index is 0.0431. The van der Waals surface area contributed by atoms with Crippen molar-refractivity contribution in [3.63, 3.8) is 0 Å². The highest BCUT2D eigenvalue weighted by molar-refractivity contribution is 5.95. The first-order chi connectivity index (χ1) is 11.9. The number of hydrogen-bond acceptors (Lipinski definition) is 4. The minimum Gasteiger partial charge on any atom is -0.475 e. The van der Waals surface area contributed by atoms with Gasteiger partial charge in [0.1, 0.15) is 5.82 Å². The molecule has 2 atom stereocenters. The fraction of sp³-hybridized carbons (Fsp3) is 0.368. The third kappa shape index (κ3) is 3.96. The summed E-state index contributed by atoms with van der Waals surface area (Å²) in [5.41, 5.74) is 1.26. The number of pyridine rings is 1. The molecule has 1 aromatic heterocycles. The molecule has 0 spiro atoms. The Labute approximate surface area is 146 Å². The van der Waals surface area contributed by atoms with E-state index in [1.54, 1.807) is 29.2 Å². The molecule has 0 saturated carbocycles. The highest BCUT2D eigenvalue weighted by Crippen LogP contribution is 2.33. The van der Waals surface area contributed by atoms with Gasteiger partial charge in [-0.3, -0.25) is 4.79 Å². The van der Waals surface area contributed by atoms with E-state index < -0.39 is 6.10 Å². The van der Waals surface area contributed by atoms with Crippen LogP contribution in [0.4, 0.5) is 4.39 Å². The highest BCUT2D eigenvalue weighted by Gasteiger charge is 2.35. The van der Waals surface area contributed by atoms with E-state index in [9.17, 15) is 14.3 Å². The van der Waals surface area contributed by atoms with Gasteiger partial charge < -0.3 is 14.7 Å². The van der Waals surface area contributed by atoms with Crippen molar-refractivity contribution >= 4 is 5.91 Å². The van der Waals surface area contributed by atoms with Gasteiger partial charge in [-0.15, -0.1) is 0 Å². The molecule has 6 heteroatoms. The zero-order valence-corrected chi connectivity index (χ0v) is 14.2. The second-order valence-electron chi connectivity index (χ2n) is 6.46. The predicted molar refractivity (Wildman–Crippen MR) is 90.8 cm³/mol. The van der Waals surface area contributed by atoms with Crippen molar-refractivity contribution in [1.29, 1.82) is 0 Å². The molecule has 1 saturated heterocycles. The Morgan fingerprint density at radius 3 is 2.72 bits per heavy atom. The van der Waals surface area contributed by atoms with Gasteiger partial charge in [0.15, 0.2) is 0 Å². The van der Waals surface area contributed by atoms with Gasteiger partial charge in [-0.2, -0.15) is 0 Å². The van der Waals surface area contributed by atoms with Crippen molar-refractivity contribution in [3.05, 3.63) is 59.5 Å². The van der Waals surface area contributed by atoms with Crippen molar-refractivity contribution in [3.8, 4) is 5.88 Å². The molecule has 0 aliphatic carbocycles. The standard InChI is InChI=1S/C19H21FN2O3/c1-12(2)25-18-9-14(7-8-21-18)19(24)22-11-16(23)10-17(22)13-3-5-15(20)6-4-13/h3-9,12,16-17,23H,10-11H2,1-2H3/t16-,17+/m0/s1. The highest BCUT2D eigenvalue weighted by atomic mass is 19.1. The smallest absolute Gasteiger partial charge is 0.254 e. The van der Waals surface area contributed by atoms with Crippen LogP contribution in [-0.4, -0.2) is 39.7 Å². The van der Waals surface area contributed by atoms with Crippen LogP contribution in [0.25, 0.3) is 0 Å². The van der Waals surface area contributed by atoms with Crippen molar-refractivity contribution in [2.45, 2.75) is 38.5 Å². The lowest BCUT2D eigenvalue weighted by Crippen LogP contribution is -2.31. The number of halogens is 1. The van der Waals surface area contributed by atoms with Gasteiger partial charge in [-0.1, -0.05) is 12.1 Å².